The largest absolute Gasteiger partial charge is 0.480 e. The summed E-state index contributed by atoms with van der Waals surface area (Å²) in [4.78, 5) is 22.4. The monoisotopic (exact) mass is 272 g/mol. The summed E-state index contributed by atoms with van der Waals surface area (Å²) in [7, 11) is 0. The fraction of sp³-hybridized carbons (Fsp3) is 0.455. The summed E-state index contributed by atoms with van der Waals surface area (Å²) in [6.45, 7) is 3.10. The Kier molecular flexibility index (Phi) is 5.11. The van der Waals surface area contributed by atoms with Crippen molar-refractivity contribution in [3.8, 4) is 0 Å². The van der Waals surface area contributed by atoms with Crippen molar-refractivity contribution in [1.29, 1.82) is 0 Å². The fourth-order valence-electron chi connectivity index (χ4n) is 1.37. The second-order valence-corrected chi connectivity index (χ2v) is 4.73. The van der Waals surface area contributed by atoms with Gasteiger partial charge in [0.15, 0.2) is 6.04 Å². The highest BCUT2D eigenvalue weighted by atomic mass is 32.1. The van der Waals surface area contributed by atoms with Crippen molar-refractivity contribution in [1.82, 2.24) is 10.6 Å². The topological polar surface area (TPSA) is 98.7 Å². The van der Waals surface area contributed by atoms with Gasteiger partial charge in [0.2, 0.25) is 0 Å². The summed E-state index contributed by atoms with van der Waals surface area (Å²) < 4.78 is 0. The third-order valence-corrected chi connectivity index (χ3v) is 3.13. The number of amides is 2. The molecular formula is C11H16N2O4S. The number of rotatable bonds is 5. The predicted octanol–water partition coefficient (Wildman–Crippen LogP) is 0.942. The van der Waals surface area contributed by atoms with Gasteiger partial charge in [-0.05, 0) is 36.2 Å². The molecular weight excluding hydrogens is 256 g/mol. The average Bonchev–Trinajstić information content (AvgIpc) is 2.78. The molecule has 0 bridgehead atoms. The van der Waals surface area contributed by atoms with Crippen LogP contribution in [0, 0.1) is 0 Å². The van der Waals surface area contributed by atoms with E-state index in [2.05, 4.69) is 10.6 Å². The van der Waals surface area contributed by atoms with Crippen LogP contribution in [0.3, 0.4) is 0 Å². The second kappa shape index (κ2) is 6.36. The number of thiophene rings is 1. The van der Waals surface area contributed by atoms with Gasteiger partial charge in [-0.15, -0.1) is 0 Å². The molecule has 0 aliphatic carbocycles. The maximum atomic E-state index is 11.6. The molecule has 3 atom stereocenters. The van der Waals surface area contributed by atoms with Gasteiger partial charge in [0.1, 0.15) is 0 Å². The van der Waals surface area contributed by atoms with Gasteiger partial charge in [0.25, 0.3) is 0 Å². The maximum Gasteiger partial charge on any atom is 0.328 e. The number of aliphatic carboxylic acids is 1. The SMILES string of the molecule is CC(NC(=O)NC(C(=O)O)C(C)O)c1ccsc1. The standard InChI is InChI=1S/C11H16N2O4S/c1-6(8-3-4-18-5-8)12-11(17)13-9(7(2)14)10(15)16/h3-7,9,14H,1-2H3,(H,15,16)(H2,12,13,17). The van der Waals surface area contributed by atoms with E-state index >= 15 is 0 Å². The lowest BCUT2D eigenvalue weighted by Gasteiger charge is -2.19. The van der Waals surface area contributed by atoms with Gasteiger partial charge in [0, 0.05) is 0 Å². The van der Waals surface area contributed by atoms with Crippen molar-refractivity contribution in [2.45, 2.75) is 32.0 Å². The molecule has 0 saturated heterocycles. The molecule has 100 valence electrons. The molecule has 0 spiro atoms. The number of hydrogen-bond acceptors (Lipinski definition) is 4. The van der Waals surface area contributed by atoms with E-state index in [1.165, 1.54) is 18.3 Å². The average molecular weight is 272 g/mol. The van der Waals surface area contributed by atoms with Crippen LogP contribution in [0.5, 0.6) is 0 Å². The predicted molar refractivity (Wildman–Crippen MR) is 67.5 cm³/mol. The van der Waals surface area contributed by atoms with Gasteiger partial charge < -0.3 is 20.8 Å². The smallest absolute Gasteiger partial charge is 0.328 e. The van der Waals surface area contributed by atoms with E-state index in [0.717, 1.165) is 5.56 Å². The minimum atomic E-state index is -1.32. The maximum absolute atomic E-state index is 11.6. The molecule has 7 heteroatoms. The fourth-order valence-corrected chi connectivity index (χ4v) is 2.13. The zero-order valence-corrected chi connectivity index (χ0v) is 10.9. The van der Waals surface area contributed by atoms with Crippen LogP contribution in [0.1, 0.15) is 25.5 Å². The Morgan fingerprint density at radius 3 is 2.44 bits per heavy atom. The van der Waals surface area contributed by atoms with Crippen molar-refractivity contribution in [3.05, 3.63) is 22.4 Å². The Morgan fingerprint density at radius 2 is 2.00 bits per heavy atom. The molecule has 4 N–H and O–H groups in total. The van der Waals surface area contributed by atoms with Crippen LogP contribution in [-0.4, -0.2) is 34.4 Å². The molecule has 3 unspecified atom stereocenters. The Hall–Kier alpha value is -1.60. The first-order chi connectivity index (χ1) is 8.41. The number of urea groups is 1. The second-order valence-electron chi connectivity index (χ2n) is 3.95. The molecule has 0 aromatic carbocycles. The molecule has 0 radical (unpaired) electrons. The molecule has 0 aliphatic heterocycles. The van der Waals surface area contributed by atoms with E-state index < -0.39 is 24.1 Å². The lowest BCUT2D eigenvalue weighted by molar-refractivity contribution is -0.141. The first kappa shape index (κ1) is 14.5. The normalized spacial score (nSPS) is 15.5. The first-order valence-electron chi connectivity index (χ1n) is 5.41. The summed E-state index contributed by atoms with van der Waals surface area (Å²) in [5.74, 6) is -1.27. The third-order valence-electron chi connectivity index (χ3n) is 2.43. The number of carbonyl (C=O) groups excluding carboxylic acids is 1. The van der Waals surface area contributed by atoms with Crippen molar-refractivity contribution in [2.24, 2.45) is 0 Å². The first-order valence-corrected chi connectivity index (χ1v) is 6.36. The van der Waals surface area contributed by atoms with E-state index in [9.17, 15) is 14.7 Å². The molecule has 1 aromatic rings. The molecule has 6 nitrogen and oxygen atoms in total. The van der Waals surface area contributed by atoms with Crippen LogP contribution >= 0.6 is 11.3 Å². The highest BCUT2D eigenvalue weighted by Crippen LogP contribution is 2.15. The van der Waals surface area contributed by atoms with Crippen LogP contribution in [0.15, 0.2) is 16.8 Å². The Morgan fingerprint density at radius 1 is 1.33 bits per heavy atom. The molecule has 0 saturated carbocycles. The Balaban J connectivity index is 2.53. The molecule has 1 rings (SSSR count). The zero-order valence-electron chi connectivity index (χ0n) is 10.1. The molecule has 0 aliphatic rings. The van der Waals surface area contributed by atoms with Crippen LogP contribution in [0.2, 0.25) is 0 Å². The summed E-state index contributed by atoms with van der Waals surface area (Å²) in [5, 5.41) is 26.6. The van der Waals surface area contributed by atoms with Gasteiger partial charge in [-0.1, -0.05) is 0 Å². The number of carboxylic acids is 1. The quantitative estimate of drug-likeness (QED) is 0.641. The molecule has 18 heavy (non-hydrogen) atoms. The summed E-state index contributed by atoms with van der Waals surface area (Å²) in [5.41, 5.74) is 0.944. The Bertz CT molecular complexity index is 405. The van der Waals surface area contributed by atoms with E-state index in [1.807, 2.05) is 16.8 Å². The van der Waals surface area contributed by atoms with Crippen molar-refractivity contribution in [3.63, 3.8) is 0 Å². The van der Waals surface area contributed by atoms with Gasteiger partial charge in [-0.2, -0.15) is 11.3 Å². The van der Waals surface area contributed by atoms with Crippen molar-refractivity contribution in [2.75, 3.05) is 0 Å². The number of carboxylic acid groups (broad SMARTS) is 1. The summed E-state index contributed by atoms with van der Waals surface area (Å²) in [6.07, 6.45) is -1.16. The lowest BCUT2D eigenvalue weighted by Crippen LogP contribution is -2.51. The third kappa shape index (κ3) is 4.01. The van der Waals surface area contributed by atoms with Crippen molar-refractivity contribution < 1.29 is 19.8 Å². The van der Waals surface area contributed by atoms with E-state index in [1.54, 1.807) is 6.92 Å². The highest BCUT2D eigenvalue weighted by Gasteiger charge is 2.25. The molecule has 1 heterocycles. The zero-order chi connectivity index (χ0) is 13.7. The van der Waals surface area contributed by atoms with Gasteiger partial charge >= 0.3 is 12.0 Å². The van der Waals surface area contributed by atoms with Gasteiger partial charge in [-0.25, -0.2) is 9.59 Å². The van der Waals surface area contributed by atoms with E-state index in [0.29, 0.717) is 0 Å². The number of carbonyl (C=O) groups is 2. The van der Waals surface area contributed by atoms with Crippen LogP contribution in [0.4, 0.5) is 4.79 Å². The number of aliphatic hydroxyl groups excluding tert-OH is 1. The molecule has 1 aromatic heterocycles. The Labute approximate surface area is 109 Å². The van der Waals surface area contributed by atoms with Crippen LogP contribution < -0.4 is 10.6 Å². The summed E-state index contributed by atoms with van der Waals surface area (Å²) >= 11 is 1.51. The van der Waals surface area contributed by atoms with Crippen LogP contribution in [0.25, 0.3) is 0 Å². The minimum Gasteiger partial charge on any atom is -0.480 e. The van der Waals surface area contributed by atoms with Gasteiger partial charge in [-0.3, -0.25) is 0 Å². The number of hydrogen-bond donors (Lipinski definition) is 4. The molecule has 2 amide bonds. The van der Waals surface area contributed by atoms with Gasteiger partial charge in [0.05, 0.1) is 12.1 Å². The highest BCUT2D eigenvalue weighted by molar-refractivity contribution is 7.07. The minimum absolute atomic E-state index is 0.223. The van der Waals surface area contributed by atoms with E-state index in [4.69, 9.17) is 5.11 Å². The lowest BCUT2D eigenvalue weighted by atomic mass is 10.2. The summed E-state index contributed by atoms with van der Waals surface area (Å²) in [6, 6.07) is -0.291. The van der Waals surface area contributed by atoms with Crippen molar-refractivity contribution >= 4 is 23.3 Å². The van der Waals surface area contributed by atoms with E-state index in [-0.39, 0.29) is 6.04 Å². The molecule has 0 fully saturated rings. The number of nitrogens with one attached hydrogen (secondary N) is 2. The number of aliphatic hydroxyl groups is 1. The van der Waals surface area contributed by atoms with Crippen LogP contribution in [-0.2, 0) is 4.79 Å².